The molecule has 4 heteroatoms. The third-order valence-electron chi connectivity index (χ3n) is 2.32. The van der Waals surface area contributed by atoms with E-state index in [1.807, 2.05) is 36.7 Å². The highest BCUT2D eigenvalue weighted by Gasteiger charge is 2.05. The predicted molar refractivity (Wildman–Crippen MR) is 62.8 cm³/mol. The zero-order chi connectivity index (χ0) is 10.4. The SMILES string of the molecule is CNC(CCc1cnn(C)c1)CSC. The van der Waals surface area contributed by atoms with Crippen molar-refractivity contribution < 1.29 is 0 Å². The minimum atomic E-state index is 0.616. The van der Waals surface area contributed by atoms with E-state index in [1.165, 1.54) is 17.7 Å². The Bertz CT molecular complexity index is 260. The summed E-state index contributed by atoms with van der Waals surface area (Å²) >= 11 is 1.89. The van der Waals surface area contributed by atoms with E-state index < -0.39 is 0 Å². The normalized spacial score (nSPS) is 13.1. The van der Waals surface area contributed by atoms with E-state index >= 15 is 0 Å². The monoisotopic (exact) mass is 213 g/mol. The molecule has 0 saturated heterocycles. The van der Waals surface area contributed by atoms with E-state index in [9.17, 15) is 0 Å². The van der Waals surface area contributed by atoms with Crippen LogP contribution in [0.5, 0.6) is 0 Å². The van der Waals surface area contributed by atoms with Gasteiger partial charge in [-0.2, -0.15) is 16.9 Å². The van der Waals surface area contributed by atoms with E-state index in [2.05, 4.69) is 22.9 Å². The van der Waals surface area contributed by atoms with Gasteiger partial charge in [0.05, 0.1) is 6.20 Å². The molecule has 0 aromatic carbocycles. The average Bonchev–Trinajstić information content (AvgIpc) is 2.59. The molecule has 0 radical (unpaired) electrons. The summed E-state index contributed by atoms with van der Waals surface area (Å²) in [4.78, 5) is 0. The molecule has 0 saturated carbocycles. The molecule has 0 amide bonds. The molecule has 1 aromatic rings. The maximum atomic E-state index is 4.16. The highest BCUT2D eigenvalue weighted by Crippen LogP contribution is 2.07. The van der Waals surface area contributed by atoms with Crippen LogP contribution in [0.3, 0.4) is 0 Å². The largest absolute Gasteiger partial charge is 0.316 e. The number of hydrogen-bond acceptors (Lipinski definition) is 3. The topological polar surface area (TPSA) is 29.9 Å². The molecule has 0 aliphatic rings. The van der Waals surface area contributed by atoms with E-state index in [0.29, 0.717) is 6.04 Å². The Hall–Kier alpha value is -0.480. The Labute approximate surface area is 90.3 Å². The maximum Gasteiger partial charge on any atom is 0.0521 e. The van der Waals surface area contributed by atoms with Crippen LogP contribution >= 0.6 is 11.8 Å². The molecule has 0 spiro atoms. The predicted octanol–water partition coefficient (Wildman–Crippen LogP) is 1.30. The molecule has 1 atom stereocenters. The molecule has 1 unspecified atom stereocenters. The van der Waals surface area contributed by atoms with Gasteiger partial charge < -0.3 is 5.32 Å². The van der Waals surface area contributed by atoms with Crippen LogP contribution in [0.1, 0.15) is 12.0 Å². The first kappa shape index (κ1) is 11.6. The second-order valence-corrected chi connectivity index (χ2v) is 4.41. The summed E-state index contributed by atoms with van der Waals surface area (Å²) < 4.78 is 1.86. The zero-order valence-corrected chi connectivity index (χ0v) is 9.97. The first-order valence-electron chi connectivity index (χ1n) is 4.90. The summed E-state index contributed by atoms with van der Waals surface area (Å²) in [6, 6.07) is 0.616. The standard InChI is InChI=1S/C10H19N3S/c1-11-10(8-14-3)5-4-9-6-12-13(2)7-9/h6-7,10-11H,4-5,8H2,1-3H3. The van der Waals surface area contributed by atoms with Gasteiger partial charge in [0.25, 0.3) is 0 Å². The van der Waals surface area contributed by atoms with Gasteiger partial charge in [-0.05, 0) is 31.7 Å². The molecule has 1 heterocycles. The van der Waals surface area contributed by atoms with Crippen LogP contribution < -0.4 is 5.32 Å². The molecule has 1 aromatic heterocycles. The minimum absolute atomic E-state index is 0.616. The molecule has 0 fully saturated rings. The third-order valence-corrected chi connectivity index (χ3v) is 3.05. The Kier molecular flexibility index (Phi) is 5.04. The Balaban J connectivity index is 2.31. The maximum absolute atomic E-state index is 4.16. The molecular weight excluding hydrogens is 194 g/mol. The lowest BCUT2D eigenvalue weighted by molar-refractivity contribution is 0.573. The van der Waals surface area contributed by atoms with E-state index in [-0.39, 0.29) is 0 Å². The van der Waals surface area contributed by atoms with Crippen molar-refractivity contribution in [3.8, 4) is 0 Å². The average molecular weight is 213 g/mol. The van der Waals surface area contributed by atoms with E-state index in [0.717, 1.165) is 6.42 Å². The fraction of sp³-hybridized carbons (Fsp3) is 0.700. The number of rotatable bonds is 6. The minimum Gasteiger partial charge on any atom is -0.316 e. The van der Waals surface area contributed by atoms with Crippen molar-refractivity contribution in [3.05, 3.63) is 18.0 Å². The fourth-order valence-electron chi connectivity index (χ4n) is 1.45. The first-order chi connectivity index (χ1) is 6.76. The van der Waals surface area contributed by atoms with Crippen LogP contribution in [-0.2, 0) is 13.5 Å². The van der Waals surface area contributed by atoms with Crippen LogP contribution in [0.2, 0.25) is 0 Å². The van der Waals surface area contributed by atoms with Gasteiger partial charge in [-0.25, -0.2) is 0 Å². The van der Waals surface area contributed by atoms with E-state index in [1.54, 1.807) is 0 Å². The fourth-order valence-corrected chi connectivity index (χ4v) is 2.19. The summed E-state index contributed by atoms with van der Waals surface area (Å²) in [7, 11) is 3.99. The number of aryl methyl sites for hydroxylation is 2. The van der Waals surface area contributed by atoms with Crippen molar-refractivity contribution in [1.82, 2.24) is 15.1 Å². The van der Waals surface area contributed by atoms with Gasteiger partial charge >= 0.3 is 0 Å². The van der Waals surface area contributed by atoms with Crippen molar-refractivity contribution in [2.45, 2.75) is 18.9 Å². The zero-order valence-electron chi connectivity index (χ0n) is 9.16. The van der Waals surface area contributed by atoms with Crippen LogP contribution in [-0.4, -0.2) is 34.9 Å². The summed E-state index contributed by atoms with van der Waals surface area (Å²) in [6.07, 6.45) is 8.48. The number of nitrogens with one attached hydrogen (secondary N) is 1. The lowest BCUT2D eigenvalue weighted by Gasteiger charge is -2.13. The summed E-state index contributed by atoms with van der Waals surface area (Å²) in [5.41, 5.74) is 1.33. The number of nitrogens with zero attached hydrogens (tertiary/aromatic N) is 2. The Morgan fingerprint density at radius 1 is 1.64 bits per heavy atom. The van der Waals surface area contributed by atoms with Crippen LogP contribution in [0, 0.1) is 0 Å². The molecule has 0 aliphatic heterocycles. The van der Waals surface area contributed by atoms with Crippen molar-refractivity contribution in [2.75, 3.05) is 19.1 Å². The molecule has 1 rings (SSSR count). The van der Waals surface area contributed by atoms with Crippen molar-refractivity contribution >= 4 is 11.8 Å². The number of thioether (sulfide) groups is 1. The Morgan fingerprint density at radius 2 is 2.43 bits per heavy atom. The highest BCUT2D eigenvalue weighted by molar-refractivity contribution is 7.98. The Morgan fingerprint density at radius 3 is 2.93 bits per heavy atom. The quantitative estimate of drug-likeness (QED) is 0.772. The third kappa shape index (κ3) is 3.72. The van der Waals surface area contributed by atoms with E-state index in [4.69, 9.17) is 0 Å². The van der Waals surface area contributed by atoms with Gasteiger partial charge in [0, 0.05) is 25.0 Å². The lowest BCUT2D eigenvalue weighted by atomic mass is 10.1. The first-order valence-corrected chi connectivity index (χ1v) is 6.29. The number of aromatic nitrogens is 2. The molecule has 3 nitrogen and oxygen atoms in total. The van der Waals surface area contributed by atoms with Gasteiger partial charge in [-0.15, -0.1) is 0 Å². The summed E-state index contributed by atoms with van der Waals surface area (Å²) in [6.45, 7) is 0. The van der Waals surface area contributed by atoms with Crippen molar-refractivity contribution in [3.63, 3.8) is 0 Å². The van der Waals surface area contributed by atoms with Crippen LogP contribution in [0.4, 0.5) is 0 Å². The molecule has 1 N–H and O–H groups in total. The number of hydrogen-bond donors (Lipinski definition) is 1. The van der Waals surface area contributed by atoms with Crippen molar-refractivity contribution in [2.24, 2.45) is 7.05 Å². The molecule has 0 bridgehead atoms. The molecule has 0 aliphatic carbocycles. The van der Waals surface area contributed by atoms with Gasteiger partial charge in [-0.1, -0.05) is 0 Å². The van der Waals surface area contributed by atoms with Crippen LogP contribution in [0.15, 0.2) is 12.4 Å². The summed E-state index contributed by atoms with van der Waals surface area (Å²) in [5.74, 6) is 1.18. The second kappa shape index (κ2) is 6.09. The smallest absolute Gasteiger partial charge is 0.0521 e. The molecule has 80 valence electrons. The van der Waals surface area contributed by atoms with Gasteiger partial charge in [0.2, 0.25) is 0 Å². The van der Waals surface area contributed by atoms with Gasteiger partial charge in [0.15, 0.2) is 0 Å². The van der Waals surface area contributed by atoms with Crippen LogP contribution in [0.25, 0.3) is 0 Å². The molecular formula is C10H19N3S. The van der Waals surface area contributed by atoms with Gasteiger partial charge in [0.1, 0.15) is 0 Å². The van der Waals surface area contributed by atoms with Crippen molar-refractivity contribution in [1.29, 1.82) is 0 Å². The highest BCUT2D eigenvalue weighted by atomic mass is 32.2. The summed E-state index contributed by atoms with van der Waals surface area (Å²) in [5, 5.41) is 7.49. The second-order valence-electron chi connectivity index (χ2n) is 3.50. The molecule has 14 heavy (non-hydrogen) atoms. The lowest BCUT2D eigenvalue weighted by Crippen LogP contribution is -2.28. The van der Waals surface area contributed by atoms with Gasteiger partial charge in [-0.3, -0.25) is 4.68 Å².